The van der Waals surface area contributed by atoms with Crippen molar-refractivity contribution in [2.75, 3.05) is 6.61 Å². The van der Waals surface area contributed by atoms with Gasteiger partial charge in [0, 0.05) is 0 Å². The Morgan fingerprint density at radius 2 is 1.63 bits per heavy atom. The monoisotopic (exact) mass is 367 g/mol. The van der Waals surface area contributed by atoms with Crippen LogP contribution in [0.15, 0.2) is 54.6 Å². The van der Waals surface area contributed by atoms with Gasteiger partial charge in [-0.2, -0.15) is 0 Å². The Labute approximate surface area is 157 Å². The lowest BCUT2D eigenvalue weighted by molar-refractivity contribution is -0.150. The van der Waals surface area contributed by atoms with E-state index in [9.17, 15) is 9.59 Å². The van der Waals surface area contributed by atoms with E-state index in [1.807, 2.05) is 54.6 Å². The molecule has 1 N–H and O–H groups in total. The van der Waals surface area contributed by atoms with E-state index < -0.39 is 24.2 Å². The smallest absolute Gasteiger partial charge is 0.407 e. The molecule has 0 saturated carbocycles. The highest BCUT2D eigenvalue weighted by atomic mass is 16.6. The third-order valence-corrected chi connectivity index (χ3v) is 5.00. The molecule has 4 atom stereocenters. The SMILES string of the molecule is CCOC(=O)C1C(NC(=O)OCc2ccccc2)[C@@H]2O[C@@H]1c1ccccc12. The van der Waals surface area contributed by atoms with Crippen LogP contribution in [0.25, 0.3) is 0 Å². The predicted molar refractivity (Wildman–Crippen MR) is 96.7 cm³/mol. The number of esters is 1. The highest BCUT2D eigenvalue weighted by Gasteiger charge is 2.56. The zero-order valence-corrected chi connectivity index (χ0v) is 15.0. The Morgan fingerprint density at radius 3 is 2.33 bits per heavy atom. The van der Waals surface area contributed by atoms with Crippen LogP contribution in [-0.2, 0) is 25.6 Å². The van der Waals surface area contributed by atoms with Crippen molar-refractivity contribution in [3.63, 3.8) is 0 Å². The van der Waals surface area contributed by atoms with E-state index >= 15 is 0 Å². The van der Waals surface area contributed by atoms with E-state index in [1.165, 1.54) is 0 Å². The van der Waals surface area contributed by atoms with Crippen molar-refractivity contribution in [3.8, 4) is 0 Å². The van der Waals surface area contributed by atoms with E-state index in [-0.39, 0.29) is 25.3 Å². The second kappa shape index (κ2) is 7.40. The van der Waals surface area contributed by atoms with Gasteiger partial charge in [-0.3, -0.25) is 4.79 Å². The molecule has 0 radical (unpaired) electrons. The van der Waals surface area contributed by atoms with Crippen LogP contribution in [0.3, 0.4) is 0 Å². The summed E-state index contributed by atoms with van der Waals surface area (Å²) in [5, 5.41) is 2.82. The number of carbonyl (C=O) groups excluding carboxylic acids is 2. The van der Waals surface area contributed by atoms with Crippen LogP contribution in [0.4, 0.5) is 4.79 Å². The summed E-state index contributed by atoms with van der Waals surface area (Å²) < 4.78 is 16.6. The number of carbonyl (C=O) groups is 2. The van der Waals surface area contributed by atoms with Gasteiger partial charge in [0.1, 0.15) is 18.6 Å². The molecule has 6 nitrogen and oxygen atoms in total. The Kier molecular flexibility index (Phi) is 4.81. The molecule has 4 rings (SSSR count). The number of ether oxygens (including phenoxy) is 3. The largest absolute Gasteiger partial charge is 0.466 e. The summed E-state index contributed by atoms with van der Waals surface area (Å²) >= 11 is 0. The number of benzene rings is 2. The molecule has 140 valence electrons. The van der Waals surface area contributed by atoms with Crippen molar-refractivity contribution >= 4 is 12.1 Å². The first-order valence-electron chi connectivity index (χ1n) is 9.07. The number of hydrogen-bond acceptors (Lipinski definition) is 5. The molecule has 2 heterocycles. The van der Waals surface area contributed by atoms with Crippen LogP contribution in [0.2, 0.25) is 0 Å². The lowest BCUT2D eigenvalue weighted by Gasteiger charge is -2.28. The molecule has 1 fully saturated rings. The molecule has 2 unspecified atom stereocenters. The van der Waals surface area contributed by atoms with Gasteiger partial charge in [-0.05, 0) is 23.6 Å². The molecule has 0 aromatic heterocycles. The van der Waals surface area contributed by atoms with Gasteiger partial charge in [-0.1, -0.05) is 54.6 Å². The summed E-state index contributed by atoms with van der Waals surface area (Å²) in [7, 11) is 0. The summed E-state index contributed by atoms with van der Waals surface area (Å²) in [4.78, 5) is 24.9. The maximum atomic E-state index is 12.5. The molecule has 0 spiro atoms. The number of amides is 1. The van der Waals surface area contributed by atoms with Gasteiger partial charge >= 0.3 is 12.1 Å². The van der Waals surface area contributed by atoms with E-state index in [0.29, 0.717) is 0 Å². The summed E-state index contributed by atoms with van der Waals surface area (Å²) in [5.74, 6) is -0.956. The van der Waals surface area contributed by atoms with Gasteiger partial charge in [0.2, 0.25) is 0 Å². The van der Waals surface area contributed by atoms with Gasteiger partial charge in [-0.15, -0.1) is 0 Å². The lowest BCUT2D eigenvalue weighted by atomic mass is 9.80. The molecule has 6 heteroatoms. The average molecular weight is 367 g/mol. The minimum Gasteiger partial charge on any atom is -0.466 e. The minimum absolute atomic E-state index is 0.162. The summed E-state index contributed by atoms with van der Waals surface area (Å²) in [6, 6.07) is 16.7. The molecule has 1 saturated heterocycles. The van der Waals surface area contributed by atoms with Gasteiger partial charge in [0.25, 0.3) is 0 Å². The molecule has 2 aliphatic rings. The van der Waals surface area contributed by atoms with Crippen molar-refractivity contribution in [3.05, 3.63) is 71.3 Å². The number of fused-ring (bicyclic) bond motifs is 5. The normalized spacial score (nSPS) is 24.9. The topological polar surface area (TPSA) is 73.9 Å². The first-order chi connectivity index (χ1) is 13.2. The number of alkyl carbamates (subject to hydrolysis) is 1. The van der Waals surface area contributed by atoms with Crippen molar-refractivity contribution in [1.29, 1.82) is 0 Å². The molecule has 2 aromatic rings. The van der Waals surface area contributed by atoms with Crippen molar-refractivity contribution in [2.24, 2.45) is 5.92 Å². The van der Waals surface area contributed by atoms with E-state index in [1.54, 1.807) is 6.92 Å². The van der Waals surface area contributed by atoms with Gasteiger partial charge in [0.15, 0.2) is 0 Å². The molecular formula is C21H21NO5. The van der Waals surface area contributed by atoms with E-state index in [4.69, 9.17) is 14.2 Å². The highest BCUT2D eigenvalue weighted by molar-refractivity contribution is 5.78. The fraction of sp³-hybridized carbons (Fsp3) is 0.333. The standard InChI is InChI=1S/C21H21NO5/c1-2-25-20(23)16-17(19-15-11-7-6-10-14(15)18(16)27-19)22-21(24)26-12-13-8-4-3-5-9-13/h3-11,16-19H,2,12H2,1H3,(H,22,24)/t16?,17?,18-,19-/m1/s1. The van der Waals surface area contributed by atoms with Crippen LogP contribution >= 0.6 is 0 Å². The molecule has 27 heavy (non-hydrogen) atoms. The fourth-order valence-corrected chi connectivity index (χ4v) is 3.84. The quantitative estimate of drug-likeness (QED) is 0.821. The first kappa shape index (κ1) is 17.5. The van der Waals surface area contributed by atoms with Crippen LogP contribution in [0.1, 0.15) is 35.8 Å². The number of hydrogen-bond donors (Lipinski definition) is 1. The zero-order chi connectivity index (χ0) is 18.8. The van der Waals surface area contributed by atoms with Crippen molar-refractivity contribution in [2.45, 2.75) is 31.8 Å². The van der Waals surface area contributed by atoms with Gasteiger partial charge in [0.05, 0.1) is 18.8 Å². The summed E-state index contributed by atoms with van der Waals surface area (Å²) in [5.41, 5.74) is 2.87. The van der Waals surface area contributed by atoms with Crippen molar-refractivity contribution in [1.82, 2.24) is 5.32 Å². The second-order valence-electron chi connectivity index (χ2n) is 6.62. The average Bonchev–Trinajstić information content (AvgIpc) is 3.24. The molecule has 2 aliphatic heterocycles. The highest BCUT2D eigenvalue weighted by Crippen LogP contribution is 2.54. The van der Waals surface area contributed by atoms with Crippen LogP contribution in [0.5, 0.6) is 0 Å². The Bertz CT molecular complexity index is 837. The fourth-order valence-electron chi connectivity index (χ4n) is 3.84. The first-order valence-corrected chi connectivity index (χ1v) is 9.07. The summed E-state index contributed by atoms with van der Waals surface area (Å²) in [6.45, 7) is 2.20. The molecule has 1 amide bonds. The molecule has 2 aromatic carbocycles. The zero-order valence-electron chi connectivity index (χ0n) is 15.0. The molecule has 2 bridgehead atoms. The molecule has 0 aliphatic carbocycles. The molecular weight excluding hydrogens is 346 g/mol. The van der Waals surface area contributed by atoms with Crippen LogP contribution in [0, 0.1) is 5.92 Å². The van der Waals surface area contributed by atoms with Gasteiger partial charge in [-0.25, -0.2) is 4.79 Å². The predicted octanol–water partition coefficient (Wildman–Crippen LogP) is 3.29. The number of nitrogens with one attached hydrogen (secondary N) is 1. The van der Waals surface area contributed by atoms with E-state index in [0.717, 1.165) is 16.7 Å². The third-order valence-electron chi connectivity index (χ3n) is 5.00. The van der Waals surface area contributed by atoms with Crippen LogP contribution in [-0.4, -0.2) is 24.7 Å². The Morgan fingerprint density at radius 1 is 0.963 bits per heavy atom. The van der Waals surface area contributed by atoms with Gasteiger partial charge < -0.3 is 19.5 Å². The maximum Gasteiger partial charge on any atom is 0.407 e. The summed E-state index contributed by atoms with van der Waals surface area (Å²) in [6.07, 6.45) is -1.37. The maximum absolute atomic E-state index is 12.5. The Balaban J connectivity index is 1.50. The minimum atomic E-state index is -0.589. The third kappa shape index (κ3) is 3.28. The van der Waals surface area contributed by atoms with Crippen molar-refractivity contribution < 1.29 is 23.8 Å². The van der Waals surface area contributed by atoms with Crippen LogP contribution < -0.4 is 5.32 Å². The second-order valence-corrected chi connectivity index (χ2v) is 6.62. The Hall–Kier alpha value is -2.86. The number of rotatable bonds is 5. The van der Waals surface area contributed by atoms with E-state index in [2.05, 4.69) is 5.32 Å². The lowest BCUT2D eigenvalue weighted by Crippen LogP contribution is -2.46.